The molecule has 0 bridgehead atoms. The lowest BCUT2D eigenvalue weighted by atomic mass is 10.1. The molecule has 1 atom stereocenters. The fourth-order valence-corrected chi connectivity index (χ4v) is 2.78. The minimum Gasteiger partial charge on any atom is -0.485 e. The van der Waals surface area contributed by atoms with Gasteiger partial charge in [-0.05, 0) is 51.5 Å². The van der Waals surface area contributed by atoms with Gasteiger partial charge in [0.05, 0.1) is 0 Å². The van der Waals surface area contributed by atoms with E-state index in [9.17, 15) is 24.3 Å². The zero-order chi connectivity index (χ0) is 24.4. The van der Waals surface area contributed by atoms with Crippen molar-refractivity contribution in [1.82, 2.24) is 10.6 Å². The molecule has 176 valence electrons. The summed E-state index contributed by atoms with van der Waals surface area (Å²) in [5.74, 6) is -1.30. The molecule has 0 aliphatic heterocycles. The van der Waals surface area contributed by atoms with Crippen molar-refractivity contribution in [1.29, 1.82) is 0 Å². The number of ether oxygens (including phenoxy) is 1. The van der Waals surface area contributed by atoms with Gasteiger partial charge >= 0.3 is 12.0 Å². The van der Waals surface area contributed by atoms with Crippen LogP contribution in [0.1, 0.15) is 44.0 Å². The predicted octanol–water partition coefficient (Wildman–Crippen LogP) is 3.22. The molecule has 0 aromatic heterocycles. The lowest BCUT2D eigenvalue weighted by molar-refractivity contribution is -0.139. The van der Waals surface area contributed by atoms with Gasteiger partial charge in [0.1, 0.15) is 11.8 Å². The highest BCUT2D eigenvalue weighted by atomic mass is 16.5. The molecule has 0 heterocycles. The molecule has 2 aromatic rings. The SMILES string of the molecule is CC(C)(C)NC(=O)N[C@@H](CCC(=O)Nc1ccc(OCC(=O)c2ccccc2)cc1)C(=O)O. The van der Waals surface area contributed by atoms with Crippen LogP contribution in [0.4, 0.5) is 10.5 Å². The quantitative estimate of drug-likeness (QED) is 0.407. The molecule has 0 spiro atoms. The van der Waals surface area contributed by atoms with Crippen molar-refractivity contribution < 1.29 is 29.0 Å². The molecule has 0 aliphatic carbocycles. The molecule has 33 heavy (non-hydrogen) atoms. The number of hydrogen-bond donors (Lipinski definition) is 4. The lowest BCUT2D eigenvalue weighted by Gasteiger charge is -2.22. The number of benzene rings is 2. The fraction of sp³-hybridized carbons (Fsp3) is 0.333. The molecule has 0 aliphatic rings. The van der Waals surface area contributed by atoms with Crippen LogP contribution in [-0.4, -0.2) is 47.0 Å². The Morgan fingerprint density at radius 2 is 1.61 bits per heavy atom. The van der Waals surface area contributed by atoms with Crippen molar-refractivity contribution in [3.63, 3.8) is 0 Å². The van der Waals surface area contributed by atoms with E-state index in [0.717, 1.165) is 0 Å². The van der Waals surface area contributed by atoms with Crippen molar-refractivity contribution >= 4 is 29.4 Å². The van der Waals surface area contributed by atoms with Gasteiger partial charge in [-0.15, -0.1) is 0 Å². The van der Waals surface area contributed by atoms with E-state index in [0.29, 0.717) is 17.0 Å². The first kappa shape index (κ1) is 25.4. The number of ketones is 1. The molecule has 9 heteroatoms. The highest BCUT2D eigenvalue weighted by Crippen LogP contribution is 2.17. The highest BCUT2D eigenvalue weighted by molar-refractivity contribution is 5.97. The molecule has 2 rings (SSSR count). The number of hydrogen-bond acceptors (Lipinski definition) is 5. The summed E-state index contributed by atoms with van der Waals surface area (Å²) in [5.41, 5.74) is 0.536. The summed E-state index contributed by atoms with van der Waals surface area (Å²) in [6, 6.07) is 13.5. The molecule has 0 saturated carbocycles. The number of anilines is 1. The van der Waals surface area contributed by atoms with Crippen LogP contribution >= 0.6 is 0 Å². The average Bonchev–Trinajstić information content (AvgIpc) is 2.75. The minimum atomic E-state index is -1.22. The van der Waals surface area contributed by atoms with Gasteiger partial charge in [-0.25, -0.2) is 9.59 Å². The number of carboxylic acids is 1. The van der Waals surface area contributed by atoms with Crippen molar-refractivity contribution in [2.45, 2.75) is 45.2 Å². The van der Waals surface area contributed by atoms with Crippen molar-refractivity contribution in [2.75, 3.05) is 11.9 Å². The zero-order valence-electron chi connectivity index (χ0n) is 18.9. The maximum Gasteiger partial charge on any atom is 0.326 e. The third kappa shape index (κ3) is 9.42. The Labute approximate surface area is 192 Å². The van der Waals surface area contributed by atoms with Crippen molar-refractivity contribution in [2.24, 2.45) is 0 Å². The normalized spacial score (nSPS) is 11.7. The van der Waals surface area contributed by atoms with Crippen LogP contribution in [0.25, 0.3) is 0 Å². The monoisotopic (exact) mass is 455 g/mol. The van der Waals surface area contributed by atoms with E-state index < -0.39 is 29.5 Å². The van der Waals surface area contributed by atoms with E-state index in [-0.39, 0.29) is 25.2 Å². The second kappa shape index (κ2) is 11.7. The van der Waals surface area contributed by atoms with Crippen LogP contribution in [0.3, 0.4) is 0 Å². The van der Waals surface area contributed by atoms with Crippen LogP contribution in [0, 0.1) is 0 Å². The molecule has 0 saturated heterocycles. The number of carboxylic acid groups (broad SMARTS) is 1. The molecule has 3 amide bonds. The van der Waals surface area contributed by atoms with Gasteiger partial charge in [-0.2, -0.15) is 0 Å². The van der Waals surface area contributed by atoms with E-state index in [2.05, 4.69) is 16.0 Å². The summed E-state index contributed by atoms with van der Waals surface area (Å²) in [6.45, 7) is 5.20. The van der Waals surface area contributed by atoms with Gasteiger partial charge < -0.3 is 25.8 Å². The molecule has 2 aromatic carbocycles. The van der Waals surface area contributed by atoms with E-state index in [1.165, 1.54) is 0 Å². The number of nitrogens with one attached hydrogen (secondary N) is 3. The molecule has 9 nitrogen and oxygen atoms in total. The summed E-state index contributed by atoms with van der Waals surface area (Å²) in [6.07, 6.45) is -0.169. The van der Waals surface area contributed by atoms with Crippen LogP contribution in [0.15, 0.2) is 54.6 Å². The van der Waals surface area contributed by atoms with E-state index in [1.807, 2.05) is 6.07 Å². The fourth-order valence-electron chi connectivity index (χ4n) is 2.78. The summed E-state index contributed by atoms with van der Waals surface area (Å²) >= 11 is 0. The van der Waals surface area contributed by atoms with Gasteiger partial charge in [0.25, 0.3) is 0 Å². The van der Waals surface area contributed by atoms with E-state index >= 15 is 0 Å². The lowest BCUT2D eigenvalue weighted by Crippen LogP contribution is -2.51. The van der Waals surface area contributed by atoms with Gasteiger partial charge in [-0.1, -0.05) is 30.3 Å². The number of urea groups is 1. The summed E-state index contributed by atoms with van der Waals surface area (Å²) in [5, 5.41) is 16.9. The summed E-state index contributed by atoms with van der Waals surface area (Å²) in [7, 11) is 0. The standard InChI is InChI=1S/C24H29N3O6/c1-24(2,3)27-23(32)26-19(22(30)31)13-14-21(29)25-17-9-11-18(12-10-17)33-15-20(28)16-7-5-4-6-8-16/h4-12,19H,13-15H2,1-3H3,(H,25,29)(H,30,31)(H2,26,27,32)/t19-/m0/s1. The first-order valence-electron chi connectivity index (χ1n) is 10.5. The molecular weight excluding hydrogens is 426 g/mol. The molecule has 4 N–H and O–H groups in total. The predicted molar refractivity (Wildman–Crippen MR) is 123 cm³/mol. The maximum atomic E-state index is 12.2. The molecular formula is C24H29N3O6. The maximum absolute atomic E-state index is 12.2. The minimum absolute atomic E-state index is 0.0679. The van der Waals surface area contributed by atoms with Crippen LogP contribution < -0.4 is 20.7 Å². The molecule has 0 radical (unpaired) electrons. The number of rotatable bonds is 10. The highest BCUT2D eigenvalue weighted by Gasteiger charge is 2.23. The Kier molecular flexibility index (Phi) is 8.97. The number of aliphatic carboxylic acids is 1. The third-order valence-electron chi connectivity index (χ3n) is 4.36. The van der Waals surface area contributed by atoms with Gasteiger partial charge in [0.15, 0.2) is 12.4 Å². The number of amides is 3. The third-order valence-corrected chi connectivity index (χ3v) is 4.36. The Hall–Kier alpha value is -3.88. The Morgan fingerprint density at radius 3 is 2.18 bits per heavy atom. The Balaban J connectivity index is 1.80. The number of carbonyl (C=O) groups excluding carboxylic acids is 3. The van der Waals surface area contributed by atoms with Crippen LogP contribution in [0.5, 0.6) is 5.75 Å². The van der Waals surface area contributed by atoms with Crippen LogP contribution in [-0.2, 0) is 9.59 Å². The van der Waals surface area contributed by atoms with Crippen molar-refractivity contribution in [3.05, 3.63) is 60.2 Å². The Morgan fingerprint density at radius 1 is 0.970 bits per heavy atom. The topological polar surface area (TPSA) is 134 Å². The number of Topliss-reactive ketones (excluding diaryl/α,β-unsaturated/α-hetero) is 1. The zero-order valence-corrected chi connectivity index (χ0v) is 18.9. The first-order valence-corrected chi connectivity index (χ1v) is 10.5. The van der Waals surface area contributed by atoms with Gasteiger partial charge in [-0.3, -0.25) is 9.59 Å². The van der Waals surface area contributed by atoms with E-state index in [4.69, 9.17) is 4.74 Å². The molecule has 0 fully saturated rings. The van der Waals surface area contributed by atoms with Gasteiger partial charge in [0, 0.05) is 23.2 Å². The van der Waals surface area contributed by atoms with Crippen LogP contribution in [0.2, 0.25) is 0 Å². The first-order chi connectivity index (χ1) is 15.5. The van der Waals surface area contributed by atoms with Crippen molar-refractivity contribution in [3.8, 4) is 5.75 Å². The number of carbonyl (C=O) groups is 4. The largest absolute Gasteiger partial charge is 0.485 e. The molecule has 0 unspecified atom stereocenters. The average molecular weight is 456 g/mol. The van der Waals surface area contributed by atoms with E-state index in [1.54, 1.807) is 69.3 Å². The van der Waals surface area contributed by atoms with Gasteiger partial charge in [0.2, 0.25) is 5.91 Å². The summed E-state index contributed by atoms with van der Waals surface area (Å²) in [4.78, 5) is 47.6. The summed E-state index contributed by atoms with van der Waals surface area (Å²) < 4.78 is 5.49. The smallest absolute Gasteiger partial charge is 0.326 e. The second-order valence-corrected chi connectivity index (χ2v) is 8.43. The Bertz CT molecular complexity index is 968. The second-order valence-electron chi connectivity index (χ2n) is 8.43.